The molecule has 0 spiro atoms. The van der Waals surface area contributed by atoms with Gasteiger partial charge in [0.15, 0.2) is 11.8 Å². The lowest BCUT2D eigenvalue weighted by Crippen LogP contribution is -3.00. The molecule has 5 N–H and O–H groups in total. The third-order valence-electron chi connectivity index (χ3n) is 4.71. The van der Waals surface area contributed by atoms with Gasteiger partial charge in [-0.05, 0) is 35.9 Å². The van der Waals surface area contributed by atoms with E-state index in [2.05, 4.69) is 44.9 Å². The van der Waals surface area contributed by atoms with Crippen molar-refractivity contribution in [3.63, 3.8) is 0 Å². The van der Waals surface area contributed by atoms with Crippen LogP contribution < -0.4 is 28.8 Å². The Morgan fingerprint density at radius 2 is 1.61 bits per heavy atom. The smallest absolute Gasteiger partial charge is 0.283 e. The second-order valence-corrected chi connectivity index (χ2v) is 8.46. The lowest BCUT2D eigenvalue weighted by molar-refractivity contribution is -0.395. The van der Waals surface area contributed by atoms with Crippen LogP contribution in [0.25, 0.3) is 0 Å². The second-order valence-electron chi connectivity index (χ2n) is 7.18. The molecule has 0 fully saturated rings. The molecule has 0 heterocycles. The summed E-state index contributed by atoms with van der Waals surface area (Å²) in [6.45, 7) is 0. The summed E-state index contributed by atoms with van der Waals surface area (Å²) in [6, 6.07) is 20.5. The predicted octanol–water partition coefficient (Wildman–Crippen LogP) is 0.344. The van der Waals surface area contributed by atoms with Gasteiger partial charge < -0.3 is 28.8 Å². The molecule has 0 radical (unpaired) electrons. The number of hydrogen-bond donors (Lipinski definition) is 4. The molecular formula is C24H23BrClN3O3S. The lowest BCUT2D eigenvalue weighted by Gasteiger charge is -2.14. The maximum atomic E-state index is 13.2. The Kier molecular flexibility index (Phi) is 10.1. The molecule has 3 rings (SSSR count). The highest BCUT2D eigenvalue weighted by atomic mass is 79.9. The van der Waals surface area contributed by atoms with Gasteiger partial charge in [0, 0.05) is 21.3 Å². The van der Waals surface area contributed by atoms with Gasteiger partial charge in [0.25, 0.3) is 5.91 Å². The maximum absolute atomic E-state index is 13.2. The molecule has 3 aromatic carbocycles. The Morgan fingerprint density at radius 1 is 0.939 bits per heavy atom. The SMILES string of the molecule is [Cl-].[NH3+][C@@H](CS)C(=O)Nc1ccc(NC(=O)Cc2ccc(Br)cc2)c(C(=O)c2ccccc2)c1. The van der Waals surface area contributed by atoms with E-state index < -0.39 is 6.04 Å². The first-order valence-corrected chi connectivity index (χ1v) is 11.3. The number of hydrogen-bond acceptors (Lipinski definition) is 4. The minimum Gasteiger partial charge on any atom is -1.00 e. The Bertz CT molecular complexity index is 1130. The molecule has 0 aliphatic rings. The average molecular weight is 549 g/mol. The van der Waals surface area contributed by atoms with E-state index in [0.717, 1.165) is 10.0 Å². The zero-order valence-corrected chi connectivity index (χ0v) is 20.8. The minimum atomic E-state index is -0.531. The van der Waals surface area contributed by atoms with Crippen LogP contribution in [-0.4, -0.2) is 29.4 Å². The monoisotopic (exact) mass is 547 g/mol. The van der Waals surface area contributed by atoms with Gasteiger partial charge in [0.2, 0.25) is 5.91 Å². The van der Waals surface area contributed by atoms with Gasteiger partial charge in [-0.3, -0.25) is 14.4 Å². The van der Waals surface area contributed by atoms with Gasteiger partial charge in [0.05, 0.1) is 17.9 Å². The Labute approximate surface area is 212 Å². The molecule has 33 heavy (non-hydrogen) atoms. The van der Waals surface area contributed by atoms with Crippen molar-refractivity contribution in [3.8, 4) is 0 Å². The topological polar surface area (TPSA) is 103 Å². The van der Waals surface area contributed by atoms with Crippen molar-refractivity contribution >= 4 is 57.5 Å². The number of ketones is 1. The molecule has 0 aliphatic heterocycles. The normalized spacial score (nSPS) is 11.1. The molecular weight excluding hydrogens is 526 g/mol. The summed E-state index contributed by atoms with van der Waals surface area (Å²) in [7, 11) is 0. The van der Waals surface area contributed by atoms with Crippen molar-refractivity contribution in [3.05, 3.63) is 94.0 Å². The van der Waals surface area contributed by atoms with Gasteiger partial charge >= 0.3 is 0 Å². The Morgan fingerprint density at radius 3 is 2.24 bits per heavy atom. The number of carbonyl (C=O) groups is 3. The van der Waals surface area contributed by atoms with Crippen molar-refractivity contribution < 1.29 is 32.5 Å². The molecule has 172 valence electrons. The summed E-state index contributed by atoms with van der Waals surface area (Å²) >= 11 is 7.47. The largest absolute Gasteiger partial charge is 1.00 e. The first kappa shape index (κ1) is 26.6. The fourth-order valence-electron chi connectivity index (χ4n) is 2.97. The number of carbonyl (C=O) groups excluding carboxylic acids is 3. The highest BCUT2D eigenvalue weighted by Gasteiger charge is 2.19. The van der Waals surface area contributed by atoms with Crippen molar-refractivity contribution in [2.24, 2.45) is 0 Å². The van der Waals surface area contributed by atoms with E-state index in [1.807, 2.05) is 30.3 Å². The van der Waals surface area contributed by atoms with Crippen LogP contribution in [-0.2, 0) is 16.0 Å². The van der Waals surface area contributed by atoms with Crippen molar-refractivity contribution in [2.75, 3.05) is 16.4 Å². The number of anilines is 2. The van der Waals surface area contributed by atoms with Crippen LogP contribution in [0.1, 0.15) is 21.5 Å². The van der Waals surface area contributed by atoms with Gasteiger partial charge in [0.1, 0.15) is 0 Å². The molecule has 0 unspecified atom stereocenters. The van der Waals surface area contributed by atoms with E-state index in [0.29, 0.717) is 22.7 Å². The number of quaternary nitrogens is 1. The summed E-state index contributed by atoms with van der Waals surface area (Å²) in [6.07, 6.45) is 0.163. The Hall–Kier alpha value is -2.65. The summed E-state index contributed by atoms with van der Waals surface area (Å²) < 4.78 is 0.928. The molecule has 0 aromatic heterocycles. The Balaban J connectivity index is 0.00000385. The molecule has 2 amide bonds. The molecule has 0 bridgehead atoms. The predicted molar refractivity (Wildman–Crippen MR) is 132 cm³/mol. The zero-order chi connectivity index (χ0) is 23.1. The lowest BCUT2D eigenvalue weighted by atomic mass is 10.0. The second kappa shape index (κ2) is 12.6. The third kappa shape index (κ3) is 7.43. The molecule has 6 nitrogen and oxygen atoms in total. The van der Waals surface area contributed by atoms with Crippen molar-refractivity contribution in [1.82, 2.24) is 0 Å². The fourth-order valence-corrected chi connectivity index (χ4v) is 3.40. The van der Waals surface area contributed by atoms with E-state index in [-0.39, 0.29) is 42.0 Å². The van der Waals surface area contributed by atoms with Crippen LogP contribution in [0.15, 0.2) is 77.3 Å². The zero-order valence-electron chi connectivity index (χ0n) is 17.6. The van der Waals surface area contributed by atoms with E-state index in [1.165, 1.54) is 0 Å². The van der Waals surface area contributed by atoms with E-state index in [9.17, 15) is 14.4 Å². The standard InChI is InChI=1S/C24H22BrN3O3S.ClH/c25-17-8-6-15(7-9-17)12-22(29)28-21-11-10-18(27-24(31)20(26)14-32)13-19(21)23(30)16-4-2-1-3-5-16;/h1-11,13,20,32H,12,14,26H2,(H,27,31)(H,28,29);1H/t20-;/m0./s1. The quantitative estimate of drug-likeness (QED) is 0.241. The van der Waals surface area contributed by atoms with E-state index >= 15 is 0 Å². The van der Waals surface area contributed by atoms with Crippen LogP contribution in [0.3, 0.4) is 0 Å². The van der Waals surface area contributed by atoms with Crippen LogP contribution in [0.2, 0.25) is 0 Å². The first-order chi connectivity index (χ1) is 15.4. The molecule has 0 aliphatic carbocycles. The van der Waals surface area contributed by atoms with E-state index in [4.69, 9.17) is 0 Å². The molecule has 3 aromatic rings. The number of halogens is 2. The molecule has 0 saturated heterocycles. The van der Waals surface area contributed by atoms with Crippen LogP contribution in [0.4, 0.5) is 11.4 Å². The van der Waals surface area contributed by atoms with Crippen molar-refractivity contribution in [2.45, 2.75) is 12.5 Å². The first-order valence-electron chi connectivity index (χ1n) is 9.90. The summed E-state index contributed by atoms with van der Waals surface area (Å²) in [5, 5.41) is 5.58. The number of benzene rings is 3. The van der Waals surface area contributed by atoms with Crippen LogP contribution in [0, 0.1) is 0 Å². The number of nitrogens with one attached hydrogen (secondary N) is 2. The highest BCUT2D eigenvalue weighted by molar-refractivity contribution is 9.10. The third-order valence-corrected chi connectivity index (χ3v) is 5.68. The summed E-state index contributed by atoms with van der Waals surface area (Å²) in [4.78, 5) is 38.0. The summed E-state index contributed by atoms with van der Waals surface area (Å²) in [5.74, 6) is -0.517. The van der Waals surface area contributed by atoms with Gasteiger partial charge in [-0.15, -0.1) is 0 Å². The van der Waals surface area contributed by atoms with Gasteiger partial charge in [-0.1, -0.05) is 58.4 Å². The molecule has 1 atom stereocenters. The van der Waals surface area contributed by atoms with Crippen LogP contribution in [0.5, 0.6) is 0 Å². The van der Waals surface area contributed by atoms with Crippen molar-refractivity contribution in [1.29, 1.82) is 0 Å². The van der Waals surface area contributed by atoms with Gasteiger partial charge in [-0.25, -0.2) is 0 Å². The number of rotatable bonds is 8. The van der Waals surface area contributed by atoms with Gasteiger partial charge in [-0.2, -0.15) is 12.6 Å². The number of thiol groups is 1. The summed E-state index contributed by atoms with van der Waals surface area (Å²) in [5.41, 5.74) is 6.16. The maximum Gasteiger partial charge on any atom is 0.283 e. The van der Waals surface area contributed by atoms with Crippen LogP contribution >= 0.6 is 28.6 Å². The molecule has 9 heteroatoms. The van der Waals surface area contributed by atoms with E-state index in [1.54, 1.807) is 42.5 Å². The fraction of sp³-hybridized carbons (Fsp3) is 0.125. The minimum absolute atomic E-state index is 0. The molecule has 0 saturated carbocycles. The highest BCUT2D eigenvalue weighted by Crippen LogP contribution is 2.24. The number of amides is 2. The average Bonchev–Trinajstić information content (AvgIpc) is 2.81.